The number of rotatable bonds is 1. The van der Waals surface area contributed by atoms with Crippen molar-refractivity contribution in [1.29, 1.82) is 0 Å². The van der Waals surface area contributed by atoms with Gasteiger partial charge in [0.15, 0.2) is 0 Å². The predicted octanol–water partition coefficient (Wildman–Crippen LogP) is 0.356. The Balaban J connectivity index is 1.86. The van der Waals surface area contributed by atoms with Crippen molar-refractivity contribution in [3.05, 3.63) is 0 Å². The van der Waals surface area contributed by atoms with E-state index < -0.39 is 0 Å². The van der Waals surface area contributed by atoms with Crippen LogP contribution in [0.15, 0.2) is 0 Å². The zero-order valence-corrected chi connectivity index (χ0v) is 8.02. The van der Waals surface area contributed by atoms with Crippen molar-refractivity contribution in [3.8, 4) is 0 Å². The molecule has 1 saturated heterocycles. The van der Waals surface area contributed by atoms with Crippen molar-refractivity contribution in [2.24, 2.45) is 0 Å². The van der Waals surface area contributed by atoms with Gasteiger partial charge in [-0.15, -0.1) is 0 Å². The van der Waals surface area contributed by atoms with Crippen molar-refractivity contribution in [1.82, 2.24) is 4.90 Å². The average molecular weight is 185 g/mol. The summed E-state index contributed by atoms with van der Waals surface area (Å²) in [6.45, 7) is 1.92. The van der Waals surface area contributed by atoms with Crippen molar-refractivity contribution in [2.45, 2.75) is 50.4 Å². The maximum Gasteiger partial charge on any atom is 0.0695 e. The van der Waals surface area contributed by atoms with Gasteiger partial charge in [-0.1, -0.05) is 0 Å². The molecule has 2 rings (SSSR count). The molecule has 2 fully saturated rings. The van der Waals surface area contributed by atoms with Crippen LogP contribution in [0, 0.1) is 0 Å². The normalized spacial score (nSPS) is 38.3. The minimum absolute atomic E-state index is 0.102. The van der Waals surface area contributed by atoms with Crippen molar-refractivity contribution in [2.75, 3.05) is 13.1 Å². The number of piperidine rings is 1. The van der Waals surface area contributed by atoms with Gasteiger partial charge in [0.1, 0.15) is 0 Å². The van der Waals surface area contributed by atoms with E-state index in [2.05, 4.69) is 4.90 Å². The second-order valence-corrected chi connectivity index (χ2v) is 4.33. The Labute approximate surface area is 79.4 Å². The van der Waals surface area contributed by atoms with Gasteiger partial charge in [-0.2, -0.15) is 0 Å². The lowest BCUT2D eigenvalue weighted by Gasteiger charge is -2.35. The second kappa shape index (κ2) is 3.95. The van der Waals surface area contributed by atoms with Crippen LogP contribution >= 0.6 is 0 Å². The summed E-state index contributed by atoms with van der Waals surface area (Å²) in [6, 6.07) is 0.382. The molecule has 2 aliphatic rings. The lowest BCUT2D eigenvalue weighted by molar-refractivity contribution is 0.0212. The highest BCUT2D eigenvalue weighted by atomic mass is 16.3. The van der Waals surface area contributed by atoms with E-state index in [-0.39, 0.29) is 12.2 Å². The monoisotopic (exact) mass is 185 g/mol. The lowest BCUT2D eigenvalue weighted by atomic mass is 10.0. The van der Waals surface area contributed by atoms with E-state index in [0.717, 1.165) is 45.2 Å². The smallest absolute Gasteiger partial charge is 0.0695 e. The van der Waals surface area contributed by atoms with Gasteiger partial charge in [-0.05, 0) is 32.1 Å². The third kappa shape index (κ3) is 2.03. The summed E-state index contributed by atoms with van der Waals surface area (Å²) >= 11 is 0. The molecule has 1 saturated carbocycles. The van der Waals surface area contributed by atoms with Gasteiger partial charge in [0.05, 0.1) is 12.2 Å². The summed E-state index contributed by atoms with van der Waals surface area (Å²) in [4.78, 5) is 2.35. The highest BCUT2D eigenvalue weighted by Gasteiger charge is 2.32. The molecular formula is C10H19NO2. The molecule has 3 heteroatoms. The fourth-order valence-electron chi connectivity index (χ4n) is 2.56. The Bertz CT molecular complexity index is 166. The van der Waals surface area contributed by atoms with E-state index in [1.807, 2.05) is 0 Å². The molecule has 1 aliphatic heterocycles. The van der Waals surface area contributed by atoms with Crippen LogP contribution in [-0.2, 0) is 0 Å². The van der Waals surface area contributed by atoms with Gasteiger partial charge >= 0.3 is 0 Å². The molecule has 2 N–H and O–H groups in total. The van der Waals surface area contributed by atoms with Gasteiger partial charge < -0.3 is 10.2 Å². The van der Waals surface area contributed by atoms with Crippen LogP contribution in [-0.4, -0.2) is 46.5 Å². The first-order chi connectivity index (χ1) is 6.27. The zero-order valence-electron chi connectivity index (χ0n) is 8.02. The summed E-state index contributed by atoms with van der Waals surface area (Å²) in [6.07, 6.45) is 4.79. The Morgan fingerprint density at radius 1 is 0.923 bits per heavy atom. The summed E-state index contributed by atoms with van der Waals surface area (Å²) < 4.78 is 0. The van der Waals surface area contributed by atoms with Gasteiger partial charge in [0.2, 0.25) is 0 Å². The minimum Gasteiger partial charge on any atom is -0.393 e. The van der Waals surface area contributed by atoms with Gasteiger partial charge in [-0.3, -0.25) is 4.90 Å². The maximum absolute atomic E-state index is 9.70. The first-order valence-electron chi connectivity index (χ1n) is 5.37. The summed E-state index contributed by atoms with van der Waals surface area (Å²) in [5, 5.41) is 19.0. The van der Waals surface area contributed by atoms with Crippen molar-refractivity contribution < 1.29 is 10.2 Å². The SMILES string of the molecule is OC1CCN([C@@H]2CCC[C@@H]2O)CC1. The Hall–Kier alpha value is -0.120. The van der Waals surface area contributed by atoms with E-state index in [1.54, 1.807) is 0 Å². The third-order valence-electron chi connectivity index (χ3n) is 3.41. The molecule has 1 heterocycles. The van der Waals surface area contributed by atoms with Gasteiger partial charge in [0, 0.05) is 19.1 Å². The van der Waals surface area contributed by atoms with Crippen LogP contribution in [0.4, 0.5) is 0 Å². The molecule has 0 aromatic carbocycles. The molecule has 2 atom stereocenters. The molecule has 0 spiro atoms. The molecule has 1 aliphatic carbocycles. The number of nitrogens with zero attached hydrogens (tertiary/aromatic N) is 1. The highest BCUT2D eigenvalue weighted by Crippen LogP contribution is 2.26. The number of aliphatic hydroxyl groups is 2. The molecule has 0 radical (unpaired) electrons. The number of likely N-dealkylation sites (tertiary alicyclic amines) is 1. The van der Waals surface area contributed by atoms with Crippen molar-refractivity contribution in [3.63, 3.8) is 0 Å². The lowest BCUT2D eigenvalue weighted by Crippen LogP contribution is -2.46. The topological polar surface area (TPSA) is 43.7 Å². The van der Waals surface area contributed by atoms with Crippen molar-refractivity contribution >= 4 is 0 Å². The molecule has 0 unspecified atom stereocenters. The zero-order chi connectivity index (χ0) is 9.26. The van der Waals surface area contributed by atoms with Crippen LogP contribution in [0.3, 0.4) is 0 Å². The maximum atomic E-state index is 9.70. The molecule has 13 heavy (non-hydrogen) atoms. The molecule has 0 aromatic rings. The Kier molecular flexibility index (Phi) is 2.86. The van der Waals surface area contributed by atoms with Gasteiger partial charge in [0.25, 0.3) is 0 Å². The molecule has 76 valence electrons. The standard InChI is InChI=1S/C10H19NO2/c12-8-4-6-11(7-5-8)9-2-1-3-10(9)13/h8-10,12-13H,1-7H2/t9-,10+/m1/s1. The third-order valence-corrected chi connectivity index (χ3v) is 3.41. The Morgan fingerprint density at radius 3 is 2.15 bits per heavy atom. The molecular weight excluding hydrogens is 166 g/mol. The van der Waals surface area contributed by atoms with Crippen LogP contribution in [0.5, 0.6) is 0 Å². The fraction of sp³-hybridized carbons (Fsp3) is 1.00. The van der Waals surface area contributed by atoms with Crippen LogP contribution in [0.2, 0.25) is 0 Å². The van der Waals surface area contributed by atoms with Crippen LogP contribution in [0.25, 0.3) is 0 Å². The second-order valence-electron chi connectivity index (χ2n) is 4.33. The molecule has 0 aromatic heterocycles. The summed E-state index contributed by atoms with van der Waals surface area (Å²) in [5.74, 6) is 0. The van der Waals surface area contributed by atoms with E-state index in [1.165, 1.54) is 0 Å². The van der Waals surface area contributed by atoms with E-state index in [9.17, 15) is 10.2 Å². The molecule has 3 nitrogen and oxygen atoms in total. The Morgan fingerprint density at radius 2 is 1.62 bits per heavy atom. The molecule has 0 bridgehead atoms. The quantitative estimate of drug-likeness (QED) is 0.620. The number of hydrogen-bond donors (Lipinski definition) is 2. The van der Waals surface area contributed by atoms with E-state index in [0.29, 0.717) is 6.04 Å². The summed E-state index contributed by atoms with van der Waals surface area (Å²) in [7, 11) is 0. The first kappa shape index (κ1) is 9.44. The van der Waals surface area contributed by atoms with E-state index >= 15 is 0 Å². The van der Waals surface area contributed by atoms with Crippen LogP contribution in [0.1, 0.15) is 32.1 Å². The fourth-order valence-corrected chi connectivity index (χ4v) is 2.56. The highest BCUT2D eigenvalue weighted by molar-refractivity contribution is 4.87. The first-order valence-corrected chi connectivity index (χ1v) is 5.37. The summed E-state index contributed by atoms with van der Waals surface area (Å²) in [5.41, 5.74) is 0. The average Bonchev–Trinajstić information content (AvgIpc) is 2.53. The largest absolute Gasteiger partial charge is 0.393 e. The van der Waals surface area contributed by atoms with Gasteiger partial charge in [-0.25, -0.2) is 0 Å². The molecule has 0 amide bonds. The number of aliphatic hydroxyl groups excluding tert-OH is 2. The predicted molar refractivity (Wildman–Crippen MR) is 50.5 cm³/mol. The minimum atomic E-state index is -0.116. The van der Waals surface area contributed by atoms with E-state index in [4.69, 9.17) is 0 Å². The van der Waals surface area contributed by atoms with Crippen LogP contribution < -0.4 is 0 Å². The number of hydrogen-bond acceptors (Lipinski definition) is 3.